The first-order valence-corrected chi connectivity index (χ1v) is 2.65. The van der Waals surface area contributed by atoms with Crippen molar-refractivity contribution in [2.75, 3.05) is 0 Å². The predicted molar refractivity (Wildman–Crippen MR) is 40.5 cm³/mol. The van der Waals surface area contributed by atoms with Crippen LogP contribution in [-0.4, -0.2) is 15.7 Å². The Labute approximate surface area is 51.7 Å². The second kappa shape index (κ2) is 2.08. The maximum absolute atomic E-state index is 3.07. The summed E-state index contributed by atoms with van der Waals surface area (Å²) in [6, 6.07) is 10.0. The average molecular weight is 99.7 g/mol. The Kier molecular flexibility index (Phi) is 1.43. The normalized spacial score (nSPS) is 9.00. The van der Waals surface area contributed by atoms with Crippen LogP contribution in [0.15, 0.2) is 12.1 Å². The Morgan fingerprint density at radius 3 is 1.62 bits per heavy atom. The van der Waals surface area contributed by atoms with Crippen molar-refractivity contribution in [3.63, 3.8) is 0 Å². The third-order valence-electron chi connectivity index (χ3n) is 1.03. The highest BCUT2D eigenvalue weighted by Gasteiger charge is 1.81. The molecule has 0 atom stereocenters. The van der Waals surface area contributed by atoms with Gasteiger partial charge in [0.15, 0.2) is 0 Å². The highest BCUT2D eigenvalue weighted by molar-refractivity contribution is 6.34. The van der Waals surface area contributed by atoms with Gasteiger partial charge in [-0.25, -0.2) is 0 Å². The summed E-state index contributed by atoms with van der Waals surface area (Å²) in [5, 5.41) is 0. The van der Waals surface area contributed by atoms with Gasteiger partial charge in [-0.05, 0) is 12.1 Å². The van der Waals surface area contributed by atoms with Gasteiger partial charge in [-0.3, -0.25) is 0 Å². The fourth-order valence-electron chi connectivity index (χ4n) is 0.528. The van der Waals surface area contributed by atoms with Crippen molar-refractivity contribution in [2.45, 2.75) is 0 Å². The topological polar surface area (TPSA) is 0 Å². The number of hydrogen-bond acceptors (Lipinski definition) is 0. The van der Waals surface area contributed by atoms with E-state index < -0.39 is 0 Å². The van der Waals surface area contributed by atoms with E-state index in [1.54, 1.807) is 0 Å². The van der Waals surface area contributed by atoms with Gasteiger partial charge in [0.05, 0.1) is 0 Å². The molecule has 0 bridgehead atoms. The van der Waals surface area contributed by atoms with Crippen LogP contribution in [0.2, 0.25) is 0 Å². The maximum atomic E-state index is 3.07. The van der Waals surface area contributed by atoms with Crippen molar-refractivity contribution in [3.8, 4) is 0 Å². The van der Waals surface area contributed by atoms with E-state index >= 15 is 0 Å². The van der Waals surface area contributed by atoms with Gasteiger partial charge >= 0.3 is 0 Å². The van der Waals surface area contributed by atoms with E-state index in [0.717, 1.165) is 10.9 Å². The van der Waals surface area contributed by atoms with Gasteiger partial charge < -0.3 is 0 Å². The number of benzene rings is 1. The van der Waals surface area contributed by atoms with Crippen LogP contribution in [0.4, 0.5) is 0 Å². The van der Waals surface area contributed by atoms with Crippen LogP contribution in [0.3, 0.4) is 0 Å². The van der Waals surface area contributed by atoms with Gasteiger partial charge in [0.1, 0.15) is 15.7 Å². The molecule has 1 rings (SSSR count). The summed E-state index contributed by atoms with van der Waals surface area (Å²) in [6.07, 6.45) is 0. The second-order valence-electron chi connectivity index (χ2n) is 1.94. The molecule has 8 heavy (non-hydrogen) atoms. The second-order valence-corrected chi connectivity index (χ2v) is 1.94. The summed E-state index contributed by atoms with van der Waals surface area (Å²) < 4.78 is 0. The zero-order valence-electron chi connectivity index (χ0n) is 5.15. The first kappa shape index (κ1) is 5.49. The molecule has 2 heteroatoms. The molecule has 2 radical (unpaired) electrons. The third-order valence-corrected chi connectivity index (χ3v) is 1.03. The van der Waals surface area contributed by atoms with Crippen molar-refractivity contribution in [1.82, 2.24) is 0 Å². The summed E-state index contributed by atoms with van der Waals surface area (Å²) in [5.41, 5.74) is 2.30. The minimum atomic E-state index is 1.15. The molecule has 0 aliphatic carbocycles. The highest BCUT2D eigenvalue weighted by Crippen LogP contribution is 1.70. The molecule has 1 aromatic rings. The van der Waals surface area contributed by atoms with Crippen molar-refractivity contribution >= 4 is 26.6 Å². The molecule has 0 aliphatic heterocycles. The zero-order valence-corrected chi connectivity index (χ0v) is 5.15. The molecular weight excluding hydrogens is 93.7 g/mol. The Hall–Kier alpha value is -0.650. The van der Waals surface area contributed by atoms with Crippen LogP contribution >= 0.6 is 0 Å². The Bertz CT molecular complexity index is 145. The van der Waals surface area contributed by atoms with Gasteiger partial charge in [-0.1, -0.05) is 23.1 Å². The monoisotopic (exact) mass is 100 g/mol. The quantitative estimate of drug-likeness (QED) is 0.324. The molecule has 0 aliphatic rings. The van der Waals surface area contributed by atoms with Crippen LogP contribution in [-0.2, 0) is 0 Å². The number of rotatable bonds is 0. The van der Waals surface area contributed by atoms with Gasteiger partial charge in [0.25, 0.3) is 0 Å². The van der Waals surface area contributed by atoms with E-state index in [1.807, 2.05) is 27.8 Å². The maximum Gasteiger partial charge on any atom is 0.140 e. The van der Waals surface area contributed by atoms with E-state index in [4.69, 9.17) is 0 Å². The summed E-state index contributed by atoms with van der Waals surface area (Å²) in [4.78, 5) is 0. The summed E-state index contributed by atoms with van der Waals surface area (Å²) in [5.74, 6) is 0. The standard InChI is InChI=1S/C6H6B2/c7-5-1-2-6(8)4-3-5/h1,4H,7-8H2. The van der Waals surface area contributed by atoms with Crippen molar-refractivity contribution < 1.29 is 0 Å². The molecule has 36 valence electrons. The molecule has 0 saturated carbocycles. The van der Waals surface area contributed by atoms with Gasteiger partial charge in [0.2, 0.25) is 0 Å². The lowest BCUT2D eigenvalue weighted by atomic mass is 9.90. The minimum Gasteiger partial charge on any atom is -0.0807 e. The first-order valence-electron chi connectivity index (χ1n) is 2.65. The predicted octanol–water partition coefficient (Wildman–Crippen LogP) is -2.20. The molecule has 0 unspecified atom stereocenters. The smallest absolute Gasteiger partial charge is 0.0807 e. The molecule has 0 N–H and O–H groups in total. The van der Waals surface area contributed by atoms with E-state index in [-0.39, 0.29) is 0 Å². The molecular formula is C6H6B2. The fraction of sp³-hybridized carbons (Fsp3) is 0. The molecule has 0 aromatic heterocycles. The minimum absolute atomic E-state index is 1.15. The van der Waals surface area contributed by atoms with E-state index in [9.17, 15) is 0 Å². The van der Waals surface area contributed by atoms with E-state index in [1.165, 1.54) is 0 Å². The van der Waals surface area contributed by atoms with Crippen LogP contribution in [0.1, 0.15) is 0 Å². The Balaban J connectivity index is 3.03. The number of hydrogen-bond donors (Lipinski definition) is 0. The average Bonchev–Trinajstić information content (AvgIpc) is 1.77. The van der Waals surface area contributed by atoms with Gasteiger partial charge in [-0.15, -0.1) is 0 Å². The molecule has 0 heterocycles. The van der Waals surface area contributed by atoms with E-state index in [2.05, 4.69) is 12.1 Å². The lowest BCUT2D eigenvalue weighted by Gasteiger charge is -1.88. The lowest BCUT2D eigenvalue weighted by Crippen LogP contribution is -2.09. The Morgan fingerprint density at radius 2 is 1.38 bits per heavy atom. The zero-order chi connectivity index (χ0) is 5.98. The van der Waals surface area contributed by atoms with Crippen LogP contribution in [0, 0.1) is 12.1 Å². The van der Waals surface area contributed by atoms with Crippen molar-refractivity contribution in [1.29, 1.82) is 0 Å². The molecule has 1 aromatic carbocycles. The van der Waals surface area contributed by atoms with Crippen LogP contribution in [0.25, 0.3) is 0 Å². The SMILES string of the molecule is Bc1[c]cc(B)[c]c1. The lowest BCUT2D eigenvalue weighted by molar-refractivity contribution is 1.81. The summed E-state index contributed by atoms with van der Waals surface area (Å²) >= 11 is 0. The third kappa shape index (κ3) is 1.16. The Morgan fingerprint density at radius 1 is 1.00 bits per heavy atom. The molecule has 0 fully saturated rings. The van der Waals surface area contributed by atoms with Gasteiger partial charge in [-0.2, -0.15) is 0 Å². The highest BCUT2D eigenvalue weighted by atomic mass is 13.8. The molecule has 0 saturated heterocycles. The fourth-order valence-corrected chi connectivity index (χ4v) is 0.528. The largest absolute Gasteiger partial charge is 0.140 e. The first-order chi connectivity index (χ1) is 3.79. The van der Waals surface area contributed by atoms with Crippen LogP contribution in [0.5, 0.6) is 0 Å². The van der Waals surface area contributed by atoms with Crippen molar-refractivity contribution in [3.05, 3.63) is 24.3 Å². The molecule has 0 spiro atoms. The summed E-state index contributed by atoms with van der Waals surface area (Å²) in [7, 11) is 4.02. The molecule has 0 nitrogen and oxygen atoms in total. The van der Waals surface area contributed by atoms with Gasteiger partial charge in [0, 0.05) is 0 Å². The molecule has 0 amide bonds. The van der Waals surface area contributed by atoms with Crippen LogP contribution < -0.4 is 10.9 Å². The van der Waals surface area contributed by atoms with Crippen molar-refractivity contribution in [2.24, 2.45) is 0 Å². The van der Waals surface area contributed by atoms with E-state index in [0.29, 0.717) is 0 Å². The summed E-state index contributed by atoms with van der Waals surface area (Å²) in [6.45, 7) is 0.